The van der Waals surface area contributed by atoms with E-state index in [1.54, 1.807) is 6.07 Å². The normalized spacial score (nSPS) is 20.3. The number of aromatic hydroxyl groups is 1. The van der Waals surface area contributed by atoms with Crippen molar-refractivity contribution in [3.05, 3.63) is 29.3 Å². The van der Waals surface area contributed by atoms with E-state index in [0.29, 0.717) is 11.8 Å². The Morgan fingerprint density at radius 2 is 2.20 bits per heavy atom. The van der Waals surface area contributed by atoms with Gasteiger partial charge in [-0.15, -0.1) is 0 Å². The summed E-state index contributed by atoms with van der Waals surface area (Å²) in [5.74, 6) is 0.363. The van der Waals surface area contributed by atoms with E-state index in [1.807, 2.05) is 12.1 Å². The SMILES string of the molecule is CN(C)CC1Cc2ccc(O)cc2CN1. The van der Waals surface area contributed by atoms with Crippen LogP contribution in [0.1, 0.15) is 11.1 Å². The van der Waals surface area contributed by atoms with E-state index in [4.69, 9.17) is 0 Å². The summed E-state index contributed by atoms with van der Waals surface area (Å²) in [5, 5.41) is 12.8. The number of benzene rings is 1. The van der Waals surface area contributed by atoms with Gasteiger partial charge in [0.1, 0.15) is 5.75 Å². The van der Waals surface area contributed by atoms with Crippen LogP contribution >= 0.6 is 0 Å². The van der Waals surface area contributed by atoms with Crippen molar-refractivity contribution in [1.82, 2.24) is 10.2 Å². The third-order valence-corrected chi connectivity index (χ3v) is 2.82. The molecule has 1 atom stereocenters. The van der Waals surface area contributed by atoms with E-state index in [1.165, 1.54) is 11.1 Å². The van der Waals surface area contributed by atoms with Gasteiger partial charge in [0.15, 0.2) is 0 Å². The van der Waals surface area contributed by atoms with E-state index >= 15 is 0 Å². The van der Waals surface area contributed by atoms with Crippen LogP contribution in [-0.4, -0.2) is 36.7 Å². The number of hydrogen-bond acceptors (Lipinski definition) is 3. The van der Waals surface area contributed by atoms with E-state index in [0.717, 1.165) is 19.5 Å². The molecule has 1 aliphatic rings. The smallest absolute Gasteiger partial charge is 0.115 e. The molecule has 82 valence electrons. The Hall–Kier alpha value is -1.06. The highest BCUT2D eigenvalue weighted by Gasteiger charge is 2.18. The molecule has 0 bridgehead atoms. The second kappa shape index (κ2) is 4.21. The maximum atomic E-state index is 9.36. The molecule has 0 fully saturated rings. The topological polar surface area (TPSA) is 35.5 Å². The van der Waals surface area contributed by atoms with Crippen molar-refractivity contribution in [2.24, 2.45) is 0 Å². The fourth-order valence-electron chi connectivity index (χ4n) is 2.14. The van der Waals surface area contributed by atoms with Crippen molar-refractivity contribution in [3.8, 4) is 5.75 Å². The van der Waals surface area contributed by atoms with Gasteiger partial charge in [-0.1, -0.05) is 6.07 Å². The van der Waals surface area contributed by atoms with Crippen molar-refractivity contribution < 1.29 is 5.11 Å². The molecule has 1 unspecified atom stereocenters. The number of phenolic OH excluding ortho intramolecular Hbond substituents is 1. The highest BCUT2D eigenvalue weighted by Crippen LogP contribution is 2.21. The molecule has 15 heavy (non-hydrogen) atoms. The summed E-state index contributed by atoms with van der Waals surface area (Å²) >= 11 is 0. The van der Waals surface area contributed by atoms with Gasteiger partial charge in [-0.25, -0.2) is 0 Å². The van der Waals surface area contributed by atoms with Gasteiger partial charge in [0.05, 0.1) is 0 Å². The lowest BCUT2D eigenvalue weighted by molar-refractivity contribution is 0.326. The van der Waals surface area contributed by atoms with Gasteiger partial charge in [0, 0.05) is 19.1 Å². The lowest BCUT2D eigenvalue weighted by atomic mass is 9.95. The Labute approximate surface area is 90.7 Å². The molecular formula is C12H18N2O. The van der Waals surface area contributed by atoms with Crippen LogP contribution in [0.3, 0.4) is 0 Å². The molecule has 1 heterocycles. The molecule has 0 aromatic heterocycles. The number of hydrogen-bond donors (Lipinski definition) is 2. The van der Waals surface area contributed by atoms with Crippen LogP contribution in [0.4, 0.5) is 0 Å². The van der Waals surface area contributed by atoms with Crippen LogP contribution in [0.15, 0.2) is 18.2 Å². The summed E-state index contributed by atoms with van der Waals surface area (Å²) in [7, 11) is 4.18. The van der Waals surface area contributed by atoms with Crippen molar-refractivity contribution in [2.45, 2.75) is 19.0 Å². The van der Waals surface area contributed by atoms with E-state index in [2.05, 4.69) is 24.3 Å². The molecule has 1 aromatic rings. The Kier molecular flexibility index (Phi) is 2.93. The van der Waals surface area contributed by atoms with Gasteiger partial charge < -0.3 is 15.3 Å². The van der Waals surface area contributed by atoms with E-state index < -0.39 is 0 Å². The number of nitrogens with one attached hydrogen (secondary N) is 1. The third-order valence-electron chi connectivity index (χ3n) is 2.82. The van der Waals surface area contributed by atoms with Crippen LogP contribution in [0.5, 0.6) is 5.75 Å². The van der Waals surface area contributed by atoms with Gasteiger partial charge in [-0.05, 0) is 43.8 Å². The Morgan fingerprint density at radius 3 is 2.93 bits per heavy atom. The van der Waals surface area contributed by atoms with Crippen LogP contribution in [0.2, 0.25) is 0 Å². The number of phenols is 1. The highest BCUT2D eigenvalue weighted by molar-refractivity contribution is 5.36. The minimum atomic E-state index is 0.363. The molecule has 1 aromatic carbocycles. The van der Waals surface area contributed by atoms with Crippen LogP contribution < -0.4 is 5.32 Å². The summed E-state index contributed by atoms with van der Waals surface area (Å²) in [6.07, 6.45) is 1.05. The number of fused-ring (bicyclic) bond motifs is 1. The molecule has 0 saturated carbocycles. The van der Waals surface area contributed by atoms with E-state index in [-0.39, 0.29) is 0 Å². The first kappa shape index (κ1) is 10.5. The molecule has 3 heteroatoms. The van der Waals surface area contributed by atoms with Crippen molar-refractivity contribution in [2.75, 3.05) is 20.6 Å². The molecule has 0 radical (unpaired) electrons. The molecule has 2 N–H and O–H groups in total. The predicted octanol–water partition coefficient (Wildman–Crippen LogP) is 0.968. The summed E-state index contributed by atoms with van der Waals surface area (Å²) < 4.78 is 0. The average molecular weight is 206 g/mol. The largest absolute Gasteiger partial charge is 0.508 e. The predicted molar refractivity (Wildman–Crippen MR) is 61.0 cm³/mol. The summed E-state index contributed by atoms with van der Waals surface area (Å²) in [5.41, 5.74) is 2.59. The fourth-order valence-corrected chi connectivity index (χ4v) is 2.14. The molecule has 0 saturated heterocycles. The minimum absolute atomic E-state index is 0.363. The molecule has 3 nitrogen and oxygen atoms in total. The minimum Gasteiger partial charge on any atom is -0.508 e. The highest BCUT2D eigenvalue weighted by atomic mass is 16.3. The third kappa shape index (κ3) is 2.49. The fraction of sp³-hybridized carbons (Fsp3) is 0.500. The first-order valence-corrected chi connectivity index (χ1v) is 5.34. The Morgan fingerprint density at radius 1 is 1.40 bits per heavy atom. The maximum Gasteiger partial charge on any atom is 0.115 e. The van der Waals surface area contributed by atoms with Crippen molar-refractivity contribution in [1.29, 1.82) is 0 Å². The summed E-state index contributed by atoms with van der Waals surface area (Å²) in [6, 6.07) is 6.19. The number of likely N-dealkylation sites (N-methyl/N-ethyl adjacent to an activating group) is 1. The van der Waals surface area contributed by atoms with Crippen molar-refractivity contribution in [3.63, 3.8) is 0 Å². The zero-order valence-corrected chi connectivity index (χ0v) is 9.33. The van der Waals surface area contributed by atoms with Crippen LogP contribution in [0.25, 0.3) is 0 Å². The van der Waals surface area contributed by atoms with Crippen molar-refractivity contribution >= 4 is 0 Å². The lowest BCUT2D eigenvalue weighted by Gasteiger charge is -2.28. The molecule has 0 amide bonds. The molecule has 0 spiro atoms. The molecule has 1 aliphatic heterocycles. The quantitative estimate of drug-likeness (QED) is 0.757. The first-order valence-electron chi connectivity index (χ1n) is 5.34. The zero-order valence-electron chi connectivity index (χ0n) is 9.33. The molecule has 0 aliphatic carbocycles. The second-order valence-corrected chi connectivity index (χ2v) is 4.50. The van der Waals surface area contributed by atoms with Crippen LogP contribution in [0, 0.1) is 0 Å². The Balaban J connectivity index is 2.10. The van der Waals surface area contributed by atoms with Gasteiger partial charge >= 0.3 is 0 Å². The average Bonchev–Trinajstić information content (AvgIpc) is 2.17. The summed E-state index contributed by atoms with van der Waals surface area (Å²) in [4.78, 5) is 2.20. The van der Waals surface area contributed by atoms with Gasteiger partial charge in [-0.2, -0.15) is 0 Å². The summed E-state index contributed by atoms with van der Waals surface area (Å²) in [6.45, 7) is 1.92. The van der Waals surface area contributed by atoms with E-state index in [9.17, 15) is 5.11 Å². The lowest BCUT2D eigenvalue weighted by Crippen LogP contribution is -2.42. The number of nitrogens with zero attached hydrogens (tertiary/aromatic N) is 1. The van der Waals surface area contributed by atoms with Gasteiger partial charge in [0.25, 0.3) is 0 Å². The van der Waals surface area contributed by atoms with Gasteiger partial charge in [-0.3, -0.25) is 0 Å². The molecular weight excluding hydrogens is 188 g/mol. The van der Waals surface area contributed by atoms with Crippen LogP contribution in [-0.2, 0) is 13.0 Å². The Bertz CT molecular complexity index is 349. The maximum absolute atomic E-state index is 9.36. The first-order chi connectivity index (χ1) is 7.15. The standard InChI is InChI=1S/C12H18N2O/c1-14(2)8-11-5-9-3-4-12(15)6-10(9)7-13-11/h3-4,6,11,13,15H,5,7-8H2,1-2H3. The zero-order chi connectivity index (χ0) is 10.8. The molecule has 2 rings (SSSR count). The number of rotatable bonds is 2. The second-order valence-electron chi connectivity index (χ2n) is 4.50. The monoisotopic (exact) mass is 206 g/mol. The van der Waals surface area contributed by atoms with Gasteiger partial charge in [0.2, 0.25) is 0 Å².